The zero-order valence-corrected chi connectivity index (χ0v) is 14.1. The maximum atomic E-state index is 12.6. The number of pyridine rings is 1. The quantitative estimate of drug-likeness (QED) is 0.789. The van der Waals surface area contributed by atoms with Crippen LogP contribution in [0.15, 0.2) is 24.5 Å². The van der Waals surface area contributed by atoms with Gasteiger partial charge in [0.05, 0.1) is 36.0 Å². The molecule has 0 bridgehead atoms. The molecule has 10 heteroatoms. The summed E-state index contributed by atoms with van der Waals surface area (Å²) in [5.41, 5.74) is -0.232. The molecule has 0 aliphatic heterocycles. The number of hydrogen-bond acceptors (Lipinski definition) is 5. The monoisotopic (exact) mass is 370 g/mol. The van der Waals surface area contributed by atoms with E-state index < -0.39 is 23.6 Å². The van der Waals surface area contributed by atoms with Gasteiger partial charge in [-0.15, -0.1) is 0 Å². The number of rotatable bonds is 6. The topological polar surface area (TPSA) is 86.1 Å². The standard InChI is InChI=1S/C16H17F3N4O3/c1-3-26-14(24)6-7-20-15(25)12-9-22-23(10(12)2)13-5-4-11(8-21-13)16(17,18)19/h4-5,8-9H,3,6-7H2,1-2H3,(H,20,25). The van der Waals surface area contributed by atoms with Crippen molar-refractivity contribution >= 4 is 11.9 Å². The molecule has 0 fully saturated rings. The van der Waals surface area contributed by atoms with Gasteiger partial charge in [-0.3, -0.25) is 9.59 Å². The molecule has 0 radical (unpaired) electrons. The van der Waals surface area contributed by atoms with Crippen molar-refractivity contribution in [1.29, 1.82) is 0 Å². The third-order valence-corrected chi connectivity index (χ3v) is 3.47. The zero-order valence-electron chi connectivity index (χ0n) is 14.1. The van der Waals surface area contributed by atoms with Crippen molar-refractivity contribution in [3.63, 3.8) is 0 Å². The van der Waals surface area contributed by atoms with Gasteiger partial charge < -0.3 is 10.1 Å². The van der Waals surface area contributed by atoms with Crippen molar-refractivity contribution in [1.82, 2.24) is 20.1 Å². The Morgan fingerprint density at radius 1 is 1.27 bits per heavy atom. The Morgan fingerprint density at radius 2 is 2.00 bits per heavy atom. The summed E-state index contributed by atoms with van der Waals surface area (Å²) in [6.45, 7) is 3.63. The van der Waals surface area contributed by atoms with Crippen molar-refractivity contribution in [3.05, 3.63) is 41.3 Å². The lowest BCUT2D eigenvalue weighted by Crippen LogP contribution is -2.27. The number of ether oxygens (including phenoxy) is 1. The van der Waals surface area contributed by atoms with Crippen molar-refractivity contribution in [3.8, 4) is 5.82 Å². The Labute approximate surface area is 147 Å². The van der Waals surface area contributed by atoms with Gasteiger partial charge in [0.1, 0.15) is 0 Å². The average molecular weight is 370 g/mol. The van der Waals surface area contributed by atoms with E-state index in [1.165, 1.54) is 16.9 Å². The van der Waals surface area contributed by atoms with Crippen molar-refractivity contribution in [2.75, 3.05) is 13.2 Å². The summed E-state index contributed by atoms with van der Waals surface area (Å²) in [5, 5.41) is 6.55. The molecular formula is C16H17F3N4O3. The van der Waals surface area contributed by atoms with Crippen LogP contribution in [-0.2, 0) is 15.7 Å². The third kappa shape index (κ3) is 4.58. The first-order valence-corrected chi connectivity index (χ1v) is 7.76. The molecule has 0 aromatic carbocycles. The van der Waals surface area contributed by atoms with Crippen LogP contribution >= 0.6 is 0 Å². The van der Waals surface area contributed by atoms with Crippen LogP contribution in [0.2, 0.25) is 0 Å². The summed E-state index contributed by atoms with van der Waals surface area (Å²) in [7, 11) is 0. The molecule has 2 heterocycles. The number of hydrogen-bond donors (Lipinski definition) is 1. The van der Waals surface area contributed by atoms with Crippen LogP contribution < -0.4 is 5.32 Å². The molecular weight excluding hydrogens is 353 g/mol. The lowest BCUT2D eigenvalue weighted by Gasteiger charge is -2.08. The normalized spacial score (nSPS) is 11.3. The Morgan fingerprint density at radius 3 is 2.58 bits per heavy atom. The second-order valence-electron chi connectivity index (χ2n) is 5.27. The fourth-order valence-electron chi connectivity index (χ4n) is 2.15. The number of halogens is 3. The Bertz CT molecular complexity index is 785. The first kappa shape index (κ1) is 19.4. The third-order valence-electron chi connectivity index (χ3n) is 3.47. The highest BCUT2D eigenvalue weighted by Crippen LogP contribution is 2.28. The predicted molar refractivity (Wildman–Crippen MR) is 84.7 cm³/mol. The zero-order chi connectivity index (χ0) is 19.3. The van der Waals surface area contributed by atoms with Crippen LogP contribution in [0.25, 0.3) is 5.82 Å². The van der Waals surface area contributed by atoms with Gasteiger partial charge in [-0.1, -0.05) is 0 Å². The summed E-state index contributed by atoms with van der Waals surface area (Å²) in [5.74, 6) is -0.722. The van der Waals surface area contributed by atoms with E-state index in [1.54, 1.807) is 13.8 Å². The molecule has 0 saturated carbocycles. The SMILES string of the molecule is CCOC(=O)CCNC(=O)c1cnn(-c2ccc(C(F)(F)F)cn2)c1C. The molecule has 0 atom stereocenters. The molecule has 1 amide bonds. The molecule has 1 N–H and O–H groups in total. The molecule has 140 valence electrons. The second-order valence-corrected chi connectivity index (χ2v) is 5.27. The minimum Gasteiger partial charge on any atom is -0.466 e. The van der Waals surface area contributed by atoms with Crippen LogP contribution in [-0.4, -0.2) is 39.8 Å². The Balaban J connectivity index is 2.07. The summed E-state index contributed by atoms with van der Waals surface area (Å²) < 4.78 is 43.8. The molecule has 2 rings (SSSR count). The molecule has 0 aliphatic carbocycles. The largest absolute Gasteiger partial charge is 0.466 e. The molecule has 0 unspecified atom stereocenters. The van der Waals surface area contributed by atoms with Crippen molar-refractivity contribution in [2.24, 2.45) is 0 Å². The average Bonchev–Trinajstić information content (AvgIpc) is 2.96. The summed E-state index contributed by atoms with van der Waals surface area (Å²) >= 11 is 0. The van der Waals surface area contributed by atoms with Crippen molar-refractivity contribution in [2.45, 2.75) is 26.4 Å². The Hall–Kier alpha value is -2.91. The number of alkyl halides is 3. The van der Waals surface area contributed by atoms with Gasteiger partial charge in [-0.25, -0.2) is 9.67 Å². The van der Waals surface area contributed by atoms with Gasteiger partial charge in [0.25, 0.3) is 5.91 Å². The molecule has 7 nitrogen and oxygen atoms in total. The molecule has 0 aliphatic rings. The lowest BCUT2D eigenvalue weighted by molar-refractivity contribution is -0.143. The highest BCUT2D eigenvalue weighted by molar-refractivity contribution is 5.95. The van der Waals surface area contributed by atoms with E-state index in [0.717, 1.165) is 6.07 Å². The fourth-order valence-corrected chi connectivity index (χ4v) is 2.15. The van der Waals surface area contributed by atoms with Crippen molar-refractivity contribution < 1.29 is 27.5 Å². The van der Waals surface area contributed by atoms with E-state index in [4.69, 9.17) is 4.74 Å². The minimum absolute atomic E-state index is 0.0349. The van der Waals surface area contributed by atoms with Crippen LogP contribution in [0.5, 0.6) is 0 Å². The number of aromatic nitrogens is 3. The number of carbonyl (C=O) groups is 2. The molecule has 26 heavy (non-hydrogen) atoms. The fraction of sp³-hybridized carbons (Fsp3) is 0.375. The van der Waals surface area contributed by atoms with E-state index in [1.807, 2.05) is 0 Å². The number of amides is 1. The van der Waals surface area contributed by atoms with Gasteiger partial charge >= 0.3 is 12.1 Å². The van der Waals surface area contributed by atoms with Crippen LogP contribution in [0.1, 0.15) is 35.0 Å². The molecule has 0 spiro atoms. The first-order valence-electron chi connectivity index (χ1n) is 7.76. The van der Waals surface area contributed by atoms with E-state index >= 15 is 0 Å². The van der Waals surface area contributed by atoms with Gasteiger partial charge in [-0.05, 0) is 26.0 Å². The minimum atomic E-state index is -4.48. The van der Waals surface area contributed by atoms with E-state index in [2.05, 4.69) is 15.4 Å². The smallest absolute Gasteiger partial charge is 0.417 e. The van der Waals surface area contributed by atoms with E-state index in [0.29, 0.717) is 11.9 Å². The number of esters is 1. The summed E-state index contributed by atoms with van der Waals surface area (Å²) in [4.78, 5) is 27.1. The van der Waals surface area contributed by atoms with Crippen LogP contribution in [0.3, 0.4) is 0 Å². The van der Waals surface area contributed by atoms with E-state index in [-0.39, 0.29) is 31.0 Å². The second kappa shape index (κ2) is 7.98. The van der Waals surface area contributed by atoms with Crippen LogP contribution in [0.4, 0.5) is 13.2 Å². The number of nitrogens with zero attached hydrogens (tertiary/aromatic N) is 3. The number of carbonyl (C=O) groups excluding carboxylic acids is 2. The molecule has 2 aromatic rings. The Kier molecular flexibility index (Phi) is 5.96. The maximum Gasteiger partial charge on any atom is 0.417 e. The highest BCUT2D eigenvalue weighted by Gasteiger charge is 2.30. The maximum absolute atomic E-state index is 12.6. The summed E-state index contributed by atoms with van der Waals surface area (Å²) in [6, 6.07) is 2.06. The highest BCUT2D eigenvalue weighted by atomic mass is 19.4. The predicted octanol–water partition coefficient (Wildman–Crippen LogP) is 2.28. The van der Waals surface area contributed by atoms with E-state index in [9.17, 15) is 22.8 Å². The lowest BCUT2D eigenvalue weighted by atomic mass is 10.2. The van der Waals surface area contributed by atoms with Gasteiger partial charge in [0, 0.05) is 12.7 Å². The molecule has 0 saturated heterocycles. The number of nitrogens with one attached hydrogen (secondary N) is 1. The van der Waals surface area contributed by atoms with Gasteiger partial charge in [0.2, 0.25) is 0 Å². The van der Waals surface area contributed by atoms with Crippen LogP contribution in [0, 0.1) is 6.92 Å². The van der Waals surface area contributed by atoms with Gasteiger partial charge in [-0.2, -0.15) is 18.3 Å². The molecule has 2 aromatic heterocycles. The first-order chi connectivity index (χ1) is 12.2. The van der Waals surface area contributed by atoms with Gasteiger partial charge in [0.15, 0.2) is 5.82 Å². The summed E-state index contributed by atoms with van der Waals surface area (Å²) in [6.07, 6.45) is -2.45.